The summed E-state index contributed by atoms with van der Waals surface area (Å²) in [5.74, 6) is 0.783. The minimum Gasteiger partial charge on any atom is -0.488 e. The molecule has 2 aromatic rings. The van der Waals surface area contributed by atoms with Crippen LogP contribution in [0.15, 0.2) is 53.0 Å². The van der Waals surface area contributed by atoms with E-state index in [9.17, 15) is 4.79 Å². The van der Waals surface area contributed by atoms with Crippen LogP contribution in [0.3, 0.4) is 0 Å². The molecular formula is C19H22BrClN2O2. The van der Waals surface area contributed by atoms with Gasteiger partial charge in [-0.3, -0.25) is 4.79 Å². The Morgan fingerprint density at radius 1 is 1.20 bits per heavy atom. The van der Waals surface area contributed by atoms with Crippen molar-refractivity contribution >= 4 is 34.2 Å². The topological polar surface area (TPSA) is 50.4 Å². The summed E-state index contributed by atoms with van der Waals surface area (Å²) in [6.07, 6.45) is 2.32. The van der Waals surface area contributed by atoms with Crippen LogP contribution in [0.1, 0.15) is 28.8 Å². The summed E-state index contributed by atoms with van der Waals surface area (Å²) in [6, 6.07) is 15.7. The number of para-hydroxylation sites is 1. The van der Waals surface area contributed by atoms with Gasteiger partial charge in [-0.2, -0.15) is 0 Å². The average Bonchev–Trinajstić information content (AvgIpc) is 3.13. The molecule has 1 aliphatic heterocycles. The number of rotatable bonds is 6. The largest absolute Gasteiger partial charge is 0.488 e. The molecule has 134 valence electrons. The highest BCUT2D eigenvalue weighted by Gasteiger charge is 2.15. The molecule has 0 radical (unpaired) electrons. The highest BCUT2D eigenvalue weighted by molar-refractivity contribution is 9.10. The normalized spacial score (nSPS) is 16.1. The molecule has 2 aromatic carbocycles. The fraction of sp³-hybridized carbons (Fsp3) is 0.316. The Kier molecular flexibility index (Phi) is 7.75. The van der Waals surface area contributed by atoms with Gasteiger partial charge in [0.1, 0.15) is 12.4 Å². The monoisotopic (exact) mass is 424 g/mol. The van der Waals surface area contributed by atoms with Crippen LogP contribution in [0.5, 0.6) is 5.75 Å². The van der Waals surface area contributed by atoms with Crippen molar-refractivity contribution in [2.75, 3.05) is 13.1 Å². The van der Waals surface area contributed by atoms with Gasteiger partial charge in [-0.1, -0.05) is 24.3 Å². The van der Waals surface area contributed by atoms with Crippen molar-refractivity contribution in [3.63, 3.8) is 0 Å². The lowest BCUT2D eigenvalue weighted by molar-refractivity contribution is 0.0950. The molecule has 1 atom stereocenters. The summed E-state index contributed by atoms with van der Waals surface area (Å²) in [6.45, 7) is 2.20. The molecule has 0 bridgehead atoms. The maximum absolute atomic E-state index is 12.2. The van der Waals surface area contributed by atoms with Crippen LogP contribution < -0.4 is 15.4 Å². The third-order valence-electron chi connectivity index (χ3n) is 4.12. The Morgan fingerprint density at radius 3 is 2.64 bits per heavy atom. The number of hydrogen-bond donors (Lipinski definition) is 2. The smallest absolute Gasteiger partial charge is 0.251 e. The molecule has 6 heteroatoms. The first-order valence-electron chi connectivity index (χ1n) is 8.20. The van der Waals surface area contributed by atoms with E-state index in [0.717, 1.165) is 28.8 Å². The Bertz CT molecular complexity index is 688. The SMILES string of the molecule is Cl.O=C(NCC1CCCN1)c1ccc(COc2ccccc2Br)cc1. The van der Waals surface area contributed by atoms with E-state index in [1.165, 1.54) is 6.42 Å². The maximum Gasteiger partial charge on any atom is 0.251 e. The molecular weight excluding hydrogens is 404 g/mol. The lowest BCUT2D eigenvalue weighted by Gasteiger charge is -2.12. The van der Waals surface area contributed by atoms with Crippen LogP contribution in [0.4, 0.5) is 0 Å². The first-order chi connectivity index (χ1) is 11.7. The molecule has 0 aromatic heterocycles. The molecule has 1 heterocycles. The number of nitrogens with one attached hydrogen (secondary N) is 2. The highest BCUT2D eigenvalue weighted by atomic mass is 79.9. The van der Waals surface area contributed by atoms with Crippen LogP contribution in [0, 0.1) is 0 Å². The van der Waals surface area contributed by atoms with Crippen molar-refractivity contribution in [2.45, 2.75) is 25.5 Å². The number of benzene rings is 2. The van der Waals surface area contributed by atoms with Gasteiger partial charge >= 0.3 is 0 Å². The first kappa shape index (κ1) is 19.8. The van der Waals surface area contributed by atoms with Gasteiger partial charge in [0.2, 0.25) is 0 Å². The lowest BCUT2D eigenvalue weighted by atomic mass is 10.1. The van der Waals surface area contributed by atoms with Gasteiger partial charge in [-0.05, 0) is 65.1 Å². The molecule has 1 unspecified atom stereocenters. The van der Waals surface area contributed by atoms with Gasteiger partial charge < -0.3 is 15.4 Å². The van der Waals surface area contributed by atoms with Crippen LogP contribution in [0.25, 0.3) is 0 Å². The zero-order valence-electron chi connectivity index (χ0n) is 13.8. The van der Waals surface area contributed by atoms with Gasteiger partial charge in [0.15, 0.2) is 0 Å². The molecule has 25 heavy (non-hydrogen) atoms. The van der Waals surface area contributed by atoms with Crippen LogP contribution in [0.2, 0.25) is 0 Å². The van der Waals surface area contributed by atoms with Crippen LogP contribution >= 0.6 is 28.3 Å². The Morgan fingerprint density at radius 2 is 1.96 bits per heavy atom. The van der Waals surface area contributed by atoms with Crippen LogP contribution in [-0.2, 0) is 6.61 Å². The van der Waals surface area contributed by atoms with E-state index in [-0.39, 0.29) is 18.3 Å². The van der Waals surface area contributed by atoms with E-state index in [4.69, 9.17) is 4.74 Å². The van der Waals surface area contributed by atoms with Crippen molar-refractivity contribution in [3.05, 3.63) is 64.1 Å². The molecule has 1 aliphatic rings. The third kappa shape index (κ3) is 5.73. The Hall–Kier alpha value is -1.56. The van der Waals surface area contributed by atoms with Gasteiger partial charge in [-0.15, -0.1) is 12.4 Å². The third-order valence-corrected chi connectivity index (χ3v) is 4.77. The molecule has 0 spiro atoms. The second-order valence-corrected chi connectivity index (χ2v) is 6.77. The zero-order valence-corrected chi connectivity index (χ0v) is 16.2. The Balaban J connectivity index is 0.00000225. The molecule has 1 saturated heterocycles. The van der Waals surface area contributed by atoms with E-state index >= 15 is 0 Å². The van der Waals surface area contributed by atoms with Crippen LogP contribution in [-0.4, -0.2) is 25.0 Å². The number of carbonyl (C=O) groups excluding carboxylic acids is 1. The molecule has 1 fully saturated rings. The second-order valence-electron chi connectivity index (χ2n) is 5.92. The maximum atomic E-state index is 12.2. The summed E-state index contributed by atoms with van der Waals surface area (Å²) in [7, 11) is 0. The van der Waals surface area contributed by atoms with Gasteiger partial charge in [0, 0.05) is 18.2 Å². The van der Waals surface area contributed by atoms with E-state index in [2.05, 4.69) is 26.6 Å². The van der Waals surface area contributed by atoms with E-state index in [1.807, 2.05) is 48.5 Å². The fourth-order valence-corrected chi connectivity index (χ4v) is 3.12. The van der Waals surface area contributed by atoms with Crippen molar-refractivity contribution in [1.29, 1.82) is 0 Å². The number of carbonyl (C=O) groups is 1. The number of ether oxygens (including phenoxy) is 1. The summed E-state index contributed by atoms with van der Waals surface area (Å²) < 4.78 is 6.71. The molecule has 0 aliphatic carbocycles. The molecule has 0 saturated carbocycles. The quantitative estimate of drug-likeness (QED) is 0.737. The van der Waals surface area contributed by atoms with E-state index in [0.29, 0.717) is 24.8 Å². The summed E-state index contributed by atoms with van der Waals surface area (Å²) in [5.41, 5.74) is 1.71. The average molecular weight is 426 g/mol. The number of halogens is 2. The molecule has 1 amide bonds. The first-order valence-corrected chi connectivity index (χ1v) is 8.99. The van der Waals surface area contributed by atoms with Crippen molar-refractivity contribution < 1.29 is 9.53 Å². The van der Waals surface area contributed by atoms with Gasteiger partial charge in [0.05, 0.1) is 4.47 Å². The van der Waals surface area contributed by atoms with E-state index < -0.39 is 0 Å². The summed E-state index contributed by atoms with van der Waals surface area (Å²) in [4.78, 5) is 12.2. The predicted molar refractivity (Wildman–Crippen MR) is 106 cm³/mol. The summed E-state index contributed by atoms with van der Waals surface area (Å²) in [5, 5.41) is 6.36. The zero-order chi connectivity index (χ0) is 16.8. The summed E-state index contributed by atoms with van der Waals surface area (Å²) >= 11 is 3.46. The lowest BCUT2D eigenvalue weighted by Crippen LogP contribution is -2.37. The highest BCUT2D eigenvalue weighted by Crippen LogP contribution is 2.24. The van der Waals surface area contributed by atoms with Crippen molar-refractivity contribution in [2.24, 2.45) is 0 Å². The molecule has 2 N–H and O–H groups in total. The number of amides is 1. The van der Waals surface area contributed by atoms with E-state index in [1.54, 1.807) is 0 Å². The molecule has 3 rings (SSSR count). The van der Waals surface area contributed by atoms with Gasteiger partial charge in [-0.25, -0.2) is 0 Å². The fourth-order valence-electron chi connectivity index (χ4n) is 2.72. The standard InChI is InChI=1S/C19H21BrN2O2.ClH/c20-17-5-1-2-6-18(17)24-13-14-7-9-15(10-8-14)19(23)22-12-16-4-3-11-21-16;/h1-2,5-10,16,21H,3-4,11-13H2,(H,22,23);1H. The van der Waals surface area contributed by atoms with Gasteiger partial charge in [0.25, 0.3) is 5.91 Å². The predicted octanol–water partition coefficient (Wildman–Crippen LogP) is 3.93. The second kappa shape index (κ2) is 9.80. The van der Waals surface area contributed by atoms with Crippen molar-refractivity contribution in [1.82, 2.24) is 10.6 Å². The Labute approximate surface area is 162 Å². The number of hydrogen-bond acceptors (Lipinski definition) is 3. The van der Waals surface area contributed by atoms with Crippen molar-refractivity contribution in [3.8, 4) is 5.75 Å². The minimum atomic E-state index is -0.0260. The molecule has 4 nitrogen and oxygen atoms in total. The minimum absolute atomic E-state index is 0.